The minimum atomic E-state index is 1.02. The quantitative estimate of drug-likeness (QED) is 0.175. The molecule has 9 rings (SSSR count). The molecule has 0 spiro atoms. The molecule has 8 saturated carbocycles. The normalized spacial score (nSPS) is 50.3. The van der Waals surface area contributed by atoms with Crippen LogP contribution in [0.1, 0.15) is 206 Å². The van der Waals surface area contributed by atoms with Crippen LogP contribution in [0, 0.1) is 101 Å². The molecule has 0 amide bonds. The molecule has 0 heterocycles. The molecular formula is C51H84. The molecule has 0 N–H and O–H groups in total. The SMILES string of the molecule is CCCCC1CCCC(C2CCC(C3CCC4=CCC5C(C6CCC(C7CCCC8CCCCC87)CC6)CCC6CC[C@H]3C4C65)CC2)CC1CC. The monoisotopic (exact) mass is 697 g/mol. The summed E-state index contributed by atoms with van der Waals surface area (Å²) in [6.07, 6.45) is 50.0. The fourth-order valence-corrected chi connectivity index (χ4v) is 17.9. The van der Waals surface area contributed by atoms with Gasteiger partial charge in [0.25, 0.3) is 0 Å². The average Bonchev–Trinajstić information content (AvgIpc) is 3.41. The van der Waals surface area contributed by atoms with Crippen molar-refractivity contribution in [1.29, 1.82) is 0 Å². The van der Waals surface area contributed by atoms with E-state index in [4.69, 9.17) is 0 Å². The van der Waals surface area contributed by atoms with Crippen LogP contribution in [0.3, 0.4) is 0 Å². The first-order valence-corrected chi connectivity index (χ1v) is 24.9. The summed E-state index contributed by atoms with van der Waals surface area (Å²) >= 11 is 0. The molecule has 8 fully saturated rings. The molecule has 0 aromatic rings. The molecule has 9 aliphatic carbocycles. The Bertz CT molecular complexity index is 1130. The fraction of sp³-hybridized carbons (Fsp3) is 0.961. The number of hydrogen-bond donors (Lipinski definition) is 0. The van der Waals surface area contributed by atoms with Crippen molar-refractivity contribution < 1.29 is 0 Å². The number of allylic oxidation sites excluding steroid dienone is 2. The van der Waals surface area contributed by atoms with E-state index in [1.165, 1.54) is 38.5 Å². The van der Waals surface area contributed by atoms with Gasteiger partial charge in [0.2, 0.25) is 0 Å². The van der Waals surface area contributed by atoms with Crippen LogP contribution in [0.15, 0.2) is 11.6 Å². The van der Waals surface area contributed by atoms with E-state index in [1.807, 2.05) is 5.57 Å². The van der Waals surface area contributed by atoms with Crippen molar-refractivity contribution in [3.63, 3.8) is 0 Å². The van der Waals surface area contributed by atoms with E-state index in [1.54, 1.807) is 154 Å². The molecule has 9 aliphatic rings. The van der Waals surface area contributed by atoms with Crippen molar-refractivity contribution >= 4 is 0 Å². The van der Waals surface area contributed by atoms with Crippen LogP contribution >= 0.6 is 0 Å². The molecule has 12 unspecified atom stereocenters. The summed E-state index contributed by atoms with van der Waals surface area (Å²) in [5, 5.41) is 0. The zero-order valence-corrected chi connectivity index (χ0v) is 34.1. The molecule has 0 radical (unpaired) electrons. The lowest BCUT2D eigenvalue weighted by atomic mass is 9.45. The predicted octanol–water partition coefficient (Wildman–Crippen LogP) is 15.3. The van der Waals surface area contributed by atoms with Crippen molar-refractivity contribution in [3.8, 4) is 0 Å². The topological polar surface area (TPSA) is 0 Å². The summed E-state index contributed by atoms with van der Waals surface area (Å²) in [6, 6.07) is 0. The van der Waals surface area contributed by atoms with E-state index in [0.717, 1.165) is 101 Å². The second-order valence-electron chi connectivity index (χ2n) is 21.9. The van der Waals surface area contributed by atoms with Gasteiger partial charge < -0.3 is 0 Å². The molecule has 13 atom stereocenters. The van der Waals surface area contributed by atoms with Gasteiger partial charge in [0.05, 0.1) is 0 Å². The molecule has 0 aromatic heterocycles. The average molecular weight is 697 g/mol. The highest BCUT2D eigenvalue weighted by Gasteiger charge is 2.55. The Balaban J connectivity index is 0.820. The van der Waals surface area contributed by atoms with Gasteiger partial charge in [-0.2, -0.15) is 0 Å². The van der Waals surface area contributed by atoms with E-state index in [-0.39, 0.29) is 0 Å². The smallest absolute Gasteiger partial charge is 0.0138 e. The summed E-state index contributed by atoms with van der Waals surface area (Å²) in [6.45, 7) is 4.93. The van der Waals surface area contributed by atoms with Crippen LogP contribution < -0.4 is 0 Å². The molecule has 0 aliphatic heterocycles. The van der Waals surface area contributed by atoms with Crippen molar-refractivity contribution in [3.05, 3.63) is 11.6 Å². The molecule has 0 saturated heterocycles. The zero-order valence-electron chi connectivity index (χ0n) is 34.1. The van der Waals surface area contributed by atoms with Crippen molar-refractivity contribution in [2.24, 2.45) is 101 Å². The maximum atomic E-state index is 2.92. The zero-order chi connectivity index (χ0) is 34.3. The van der Waals surface area contributed by atoms with Gasteiger partial charge in [-0.15, -0.1) is 0 Å². The van der Waals surface area contributed by atoms with Gasteiger partial charge in [-0.3, -0.25) is 0 Å². The molecule has 0 bridgehead atoms. The Morgan fingerprint density at radius 3 is 1.73 bits per heavy atom. The fourth-order valence-electron chi connectivity index (χ4n) is 17.9. The second kappa shape index (κ2) is 16.5. The first-order chi connectivity index (χ1) is 25.2. The van der Waals surface area contributed by atoms with Gasteiger partial charge in [-0.1, -0.05) is 103 Å². The first kappa shape index (κ1) is 36.4. The Hall–Kier alpha value is -0.260. The minimum absolute atomic E-state index is 1.02. The van der Waals surface area contributed by atoms with E-state index >= 15 is 0 Å². The van der Waals surface area contributed by atoms with Crippen LogP contribution in [0.4, 0.5) is 0 Å². The predicted molar refractivity (Wildman–Crippen MR) is 217 cm³/mol. The summed E-state index contributed by atoms with van der Waals surface area (Å²) in [5.41, 5.74) is 2.02. The lowest BCUT2D eigenvalue weighted by Crippen LogP contribution is -2.52. The summed E-state index contributed by atoms with van der Waals surface area (Å²) in [4.78, 5) is 0. The summed E-state index contributed by atoms with van der Waals surface area (Å²) < 4.78 is 0. The van der Waals surface area contributed by atoms with Crippen molar-refractivity contribution in [1.82, 2.24) is 0 Å². The van der Waals surface area contributed by atoms with Gasteiger partial charge in [0, 0.05) is 0 Å². The van der Waals surface area contributed by atoms with Crippen LogP contribution in [0.25, 0.3) is 0 Å². The highest BCUT2D eigenvalue weighted by atomic mass is 14.6. The Morgan fingerprint density at radius 1 is 0.451 bits per heavy atom. The third-order valence-corrected chi connectivity index (χ3v) is 20.2. The number of fused-ring (bicyclic) bond motifs is 1. The number of hydrogen-bond acceptors (Lipinski definition) is 0. The molecule has 288 valence electrons. The van der Waals surface area contributed by atoms with Gasteiger partial charge in [-0.25, -0.2) is 0 Å². The first-order valence-electron chi connectivity index (χ1n) is 24.9. The largest absolute Gasteiger partial charge is 0.0847 e. The maximum Gasteiger partial charge on any atom is -0.0138 e. The Morgan fingerprint density at radius 2 is 1.00 bits per heavy atom. The van der Waals surface area contributed by atoms with Gasteiger partial charge in [0.1, 0.15) is 0 Å². The molecule has 0 aromatic carbocycles. The van der Waals surface area contributed by atoms with E-state index in [0.29, 0.717) is 0 Å². The third-order valence-electron chi connectivity index (χ3n) is 20.2. The highest BCUT2D eigenvalue weighted by Crippen LogP contribution is 2.64. The molecule has 0 nitrogen and oxygen atoms in total. The number of rotatable bonds is 8. The molecule has 51 heavy (non-hydrogen) atoms. The standard InChI is InChI=1S/C51H84/c1-3-5-10-35-12-8-14-43(33-34(35)4-2)36-17-19-39(20-18-36)46-29-25-41-28-32-49-47(30-26-42-27-31-48(46)50(41)51(42)49)40-23-21-38(22-24-40)45-16-9-13-37-11-6-7-15-44(37)45/h28,34-40,42-51H,3-27,29-33H2,1-2H3/t34?,35?,36?,37?,38?,39?,40?,42?,43?,44?,45?,46?,47?,48-,49?,50?,51?/m1/s1. The van der Waals surface area contributed by atoms with E-state index < -0.39 is 0 Å². The second-order valence-corrected chi connectivity index (χ2v) is 21.9. The van der Waals surface area contributed by atoms with E-state index in [2.05, 4.69) is 19.9 Å². The Kier molecular flexibility index (Phi) is 11.7. The van der Waals surface area contributed by atoms with Crippen molar-refractivity contribution in [2.75, 3.05) is 0 Å². The van der Waals surface area contributed by atoms with Crippen LogP contribution in [-0.4, -0.2) is 0 Å². The third kappa shape index (κ3) is 7.29. The minimum Gasteiger partial charge on any atom is -0.0847 e. The van der Waals surface area contributed by atoms with Gasteiger partial charge >= 0.3 is 0 Å². The van der Waals surface area contributed by atoms with Gasteiger partial charge in [-0.05, 0) is 216 Å². The van der Waals surface area contributed by atoms with Crippen LogP contribution in [0.5, 0.6) is 0 Å². The summed E-state index contributed by atoms with van der Waals surface area (Å²) in [5.74, 6) is 18.4. The lowest BCUT2D eigenvalue weighted by molar-refractivity contribution is -0.0718. The van der Waals surface area contributed by atoms with Gasteiger partial charge in [0.15, 0.2) is 0 Å². The van der Waals surface area contributed by atoms with Crippen LogP contribution in [0.2, 0.25) is 0 Å². The van der Waals surface area contributed by atoms with E-state index in [9.17, 15) is 0 Å². The Labute approximate surface area is 317 Å². The number of unbranched alkanes of at least 4 members (excludes halogenated alkanes) is 1. The highest BCUT2D eigenvalue weighted by molar-refractivity contribution is 5.22. The summed E-state index contributed by atoms with van der Waals surface area (Å²) in [7, 11) is 0. The maximum absolute atomic E-state index is 2.92. The molecule has 0 heteroatoms. The van der Waals surface area contributed by atoms with Crippen molar-refractivity contribution in [2.45, 2.75) is 206 Å². The molecular weight excluding hydrogens is 613 g/mol. The lowest BCUT2D eigenvalue weighted by Gasteiger charge is -2.60. The van der Waals surface area contributed by atoms with Crippen LogP contribution in [-0.2, 0) is 0 Å².